The van der Waals surface area contributed by atoms with Gasteiger partial charge in [-0.25, -0.2) is 4.39 Å². The van der Waals surface area contributed by atoms with Gasteiger partial charge in [0.1, 0.15) is 5.82 Å². The molecule has 0 aliphatic carbocycles. The van der Waals surface area contributed by atoms with E-state index in [0.29, 0.717) is 29.0 Å². The molecule has 0 aromatic heterocycles. The fraction of sp³-hybridized carbons (Fsp3) is 0.533. The fourth-order valence-electron chi connectivity index (χ4n) is 2.70. The standard InChI is InChI=1S/C15H20FN3S/c1-18(2)14-9-19(10-15(14)20-3)8-12-6-11(7-17)4-5-13(12)16/h4-6,14-15H,8-10H2,1-3H3/t14-,15+/m0/s1. The quantitative estimate of drug-likeness (QED) is 0.851. The number of likely N-dealkylation sites (tertiary alicyclic amines) is 1. The molecule has 2 atom stereocenters. The zero-order chi connectivity index (χ0) is 14.7. The molecule has 0 unspecified atom stereocenters. The molecule has 1 aliphatic heterocycles. The number of hydrogen-bond donors (Lipinski definition) is 0. The summed E-state index contributed by atoms with van der Waals surface area (Å²) >= 11 is 1.87. The molecular formula is C15H20FN3S. The summed E-state index contributed by atoms with van der Waals surface area (Å²) in [4.78, 5) is 4.51. The van der Waals surface area contributed by atoms with Gasteiger partial charge in [-0.1, -0.05) is 0 Å². The maximum absolute atomic E-state index is 13.8. The van der Waals surface area contributed by atoms with Gasteiger partial charge in [0, 0.05) is 36.5 Å². The lowest BCUT2D eigenvalue weighted by atomic mass is 10.1. The minimum atomic E-state index is -0.224. The number of rotatable bonds is 4. The maximum atomic E-state index is 13.8. The molecule has 1 saturated heterocycles. The van der Waals surface area contributed by atoms with Crippen molar-refractivity contribution in [2.24, 2.45) is 0 Å². The van der Waals surface area contributed by atoms with E-state index in [2.05, 4.69) is 36.2 Å². The van der Waals surface area contributed by atoms with Crippen LogP contribution in [0.3, 0.4) is 0 Å². The van der Waals surface area contributed by atoms with Crippen molar-refractivity contribution in [3.63, 3.8) is 0 Å². The van der Waals surface area contributed by atoms with E-state index >= 15 is 0 Å². The summed E-state index contributed by atoms with van der Waals surface area (Å²) in [6, 6.07) is 7.13. The average molecular weight is 293 g/mol. The van der Waals surface area contributed by atoms with E-state index in [1.165, 1.54) is 12.1 Å². The maximum Gasteiger partial charge on any atom is 0.127 e. The predicted octanol–water partition coefficient (Wildman–Crippen LogP) is 2.17. The number of hydrogen-bond acceptors (Lipinski definition) is 4. The molecule has 2 rings (SSSR count). The first-order valence-electron chi connectivity index (χ1n) is 6.65. The second kappa shape index (κ2) is 6.57. The number of benzene rings is 1. The Morgan fingerprint density at radius 1 is 1.45 bits per heavy atom. The molecule has 3 nitrogen and oxygen atoms in total. The molecular weight excluding hydrogens is 273 g/mol. The van der Waals surface area contributed by atoms with Crippen molar-refractivity contribution < 1.29 is 4.39 Å². The van der Waals surface area contributed by atoms with E-state index in [1.807, 2.05) is 11.8 Å². The summed E-state index contributed by atoms with van der Waals surface area (Å²) in [5.74, 6) is -0.224. The lowest BCUT2D eigenvalue weighted by Crippen LogP contribution is -2.36. The van der Waals surface area contributed by atoms with E-state index in [9.17, 15) is 4.39 Å². The van der Waals surface area contributed by atoms with Crippen LogP contribution >= 0.6 is 11.8 Å². The monoisotopic (exact) mass is 293 g/mol. The van der Waals surface area contributed by atoms with Gasteiger partial charge in [0.2, 0.25) is 0 Å². The normalized spacial score (nSPS) is 23.2. The summed E-state index contributed by atoms with van der Waals surface area (Å²) in [5, 5.41) is 9.46. The first-order chi connectivity index (χ1) is 9.55. The second-order valence-electron chi connectivity index (χ2n) is 5.42. The van der Waals surface area contributed by atoms with Crippen molar-refractivity contribution in [2.75, 3.05) is 33.4 Å². The van der Waals surface area contributed by atoms with Crippen LogP contribution in [0.15, 0.2) is 18.2 Å². The van der Waals surface area contributed by atoms with Crippen molar-refractivity contribution in [1.29, 1.82) is 5.26 Å². The highest BCUT2D eigenvalue weighted by atomic mass is 32.2. The van der Waals surface area contributed by atoms with Gasteiger partial charge in [-0.15, -0.1) is 0 Å². The minimum absolute atomic E-state index is 0.224. The van der Waals surface area contributed by atoms with E-state index in [1.54, 1.807) is 6.07 Å². The summed E-state index contributed by atoms with van der Waals surface area (Å²) in [6.45, 7) is 2.47. The van der Waals surface area contributed by atoms with Crippen LogP contribution in [0.1, 0.15) is 11.1 Å². The summed E-state index contributed by atoms with van der Waals surface area (Å²) in [6.07, 6.45) is 2.13. The molecule has 1 fully saturated rings. The molecule has 1 aromatic carbocycles. The highest BCUT2D eigenvalue weighted by Crippen LogP contribution is 2.26. The van der Waals surface area contributed by atoms with E-state index in [4.69, 9.17) is 5.26 Å². The molecule has 0 saturated carbocycles. The van der Waals surface area contributed by atoms with Gasteiger partial charge in [-0.2, -0.15) is 17.0 Å². The summed E-state index contributed by atoms with van der Waals surface area (Å²) in [5.41, 5.74) is 1.13. The van der Waals surface area contributed by atoms with Crippen molar-refractivity contribution >= 4 is 11.8 Å². The van der Waals surface area contributed by atoms with Crippen LogP contribution in [0.2, 0.25) is 0 Å². The SMILES string of the molecule is CS[C@@H]1CN(Cc2cc(C#N)ccc2F)C[C@@H]1N(C)C. The van der Waals surface area contributed by atoms with Crippen LogP contribution in [0.25, 0.3) is 0 Å². The van der Waals surface area contributed by atoms with Gasteiger partial charge in [0.15, 0.2) is 0 Å². The van der Waals surface area contributed by atoms with Crippen molar-refractivity contribution in [2.45, 2.75) is 17.8 Å². The topological polar surface area (TPSA) is 30.3 Å². The molecule has 1 heterocycles. The van der Waals surface area contributed by atoms with Gasteiger partial charge >= 0.3 is 0 Å². The first-order valence-corrected chi connectivity index (χ1v) is 7.94. The Balaban J connectivity index is 2.10. The highest BCUT2D eigenvalue weighted by molar-refractivity contribution is 7.99. The van der Waals surface area contributed by atoms with Gasteiger partial charge in [0.25, 0.3) is 0 Å². The van der Waals surface area contributed by atoms with Crippen molar-refractivity contribution in [3.8, 4) is 6.07 Å². The summed E-state index contributed by atoms with van der Waals surface area (Å²) < 4.78 is 13.8. The molecule has 0 radical (unpaired) electrons. The first kappa shape index (κ1) is 15.3. The second-order valence-corrected chi connectivity index (χ2v) is 6.49. The van der Waals surface area contributed by atoms with Crippen molar-refractivity contribution in [3.05, 3.63) is 35.1 Å². The van der Waals surface area contributed by atoms with Crippen LogP contribution in [-0.2, 0) is 6.54 Å². The molecule has 1 aromatic rings. The Kier molecular flexibility index (Phi) is 5.03. The number of thioether (sulfide) groups is 1. The van der Waals surface area contributed by atoms with Gasteiger partial charge in [-0.05, 0) is 38.6 Å². The molecule has 108 valence electrons. The average Bonchev–Trinajstić information content (AvgIpc) is 2.84. The highest BCUT2D eigenvalue weighted by Gasteiger charge is 2.33. The molecule has 0 spiro atoms. The Hall–Kier alpha value is -1.09. The number of likely N-dealkylation sites (N-methyl/N-ethyl adjacent to an activating group) is 1. The third kappa shape index (κ3) is 3.32. The fourth-order valence-corrected chi connectivity index (χ4v) is 3.70. The summed E-state index contributed by atoms with van der Waals surface area (Å²) in [7, 11) is 4.18. The molecule has 0 N–H and O–H groups in total. The van der Waals surface area contributed by atoms with E-state index in [0.717, 1.165) is 13.1 Å². The van der Waals surface area contributed by atoms with E-state index in [-0.39, 0.29) is 5.82 Å². The number of halogens is 1. The zero-order valence-corrected chi connectivity index (χ0v) is 13.0. The van der Waals surface area contributed by atoms with E-state index < -0.39 is 0 Å². The predicted molar refractivity (Wildman–Crippen MR) is 81.2 cm³/mol. The smallest absolute Gasteiger partial charge is 0.127 e. The Morgan fingerprint density at radius 2 is 2.20 bits per heavy atom. The van der Waals surface area contributed by atoms with Crippen molar-refractivity contribution in [1.82, 2.24) is 9.80 Å². The largest absolute Gasteiger partial charge is 0.304 e. The van der Waals surface area contributed by atoms with Gasteiger partial charge in [0.05, 0.1) is 11.6 Å². The Bertz CT molecular complexity index is 512. The van der Waals surface area contributed by atoms with Crippen LogP contribution in [0, 0.1) is 17.1 Å². The minimum Gasteiger partial charge on any atom is -0.304 e. The third-order valence-electron chi connectivity index (χ3n) is 3.85. The lowest BCUT2D eigenvalue weighted by molar-refractivity contribution is 0.263. The van der Waals surface area contributed by atoms with Crippen LogP contribution in [0.5, 0.6) is 0 Å². The molecule has 20 heavy (non-hydrogen) atoms. The van der Waals surface area contributed by atoms with Crippen LogP contribution in [-0.4, -0.2) is 54.5 Å². The van der Waals surface area contributed by atoms with Gasteiger partial charge < -0.3 is 4.90 Å². The zero-order valence-electron chi connectivity index (χ0n) is 12.1. The van der Waals surface area contributed by atoms with Crippen LogP contribution < -0.4 is 0 Å². The number of nitriles is 1. The van der Waals surface area contributed by atoms with Crippen LogP contribution in [0.4, 0.5) is 4.39 Å². The molecule has 0 bridgehead atoms. The third-order valence-corrected chi connectivity index (χ3v) is 4.92. The number of nitrogens with zero attached hydrogens (tertiary/aromatic N) is 3. The molecule has 5 heteroatoms. The molecule has 1 aliphatic rings. The Labute approximate surface area is 124 Å². The molecule has 0 amide bonds. The lowest BCUT2D eigenvalue weighted by Gasteiger charge is -2.23. The van der Waals surface area contributed by atoms with Gasteiger partial charge in [-0.3, -0.25) is 4.90 Å². The Morgan fingerprint density at radius 3 is 2.75 bits per heavy atom.